The van der Waals surface area contributed by atoms with E-state index in [1.54, 1.807) is 31.3 Å². The number of aromatic amines is 1. The monoisotopic (exact) mass is 479 g/mol. The third kappa shape index (κ3) is 4.15. The quantitative estimate of drug-likeness (QED) is 0.358. The second-order valence-electron chi connectivity index (χ2n) is 6.39. The van der Waals surface area contributed by atoms with Crippen molar-refractivity contribution in [3.63, 3.8) is 0 Å². The predicted octanol–water partition coefficient (Wildman–Crippen LogP) is 5.49. The summed E-state index contributed by atoms with van der Waals surface area (Å²) in [6.07, 6.45) is -2.95. The van der Waals surface area contributed by atoms with Gasteiger partial charge in [-0.3, -0.25) is 4.98 Å². The minimum Gasteiger partial charge on any atom is -0.408 e. The molecule has 30 heavy (non-hydrogen) atoms. The van der Waals surface area contributed by atoms with Crippen LogP contribution in [0.4, 0.5) is 36.3 Å². The average Bonchev–Trinajstić information content (AvgIpc) is 3.04. The van der Waals surface area contributed by atoms with Crippen LogP contribution in [0.15, 0.2) is 56.3 Å². The molecule has 0 saturated carbocycles. The topological polar surface area (TPSA) is 95.8 Å². The maximum Gasteiger partial charge on any atom is 0.417 e. The van der Waals surface area contributed by atoms with E-state index in [0.717, 1.165) is 6.07 Å². The first-order valence-corrected chi connectivity index (χ1v) is 9.36. The molecular formula is C19H13BrF3N5O2. The summed E-state index contributed by atoms with van der Waals surface area (Å²) < 4.78 is 44.2. The summed E-state index contributed by atoms with van der Waals surface area (Å²) in [5.74, 6) is 0.0155. The van der Waals surface area contributed by atoms with Gasteiger partial charge in [0.15, 0.2) is 5.58 Å². The number of alkyl halides is 3. The van der Waals surface area contributed by atoms with Gasteiger partial charge in [0.1, 0.15) is 5.82 Å². The van der Waals surface area contributed by atoms with Crippen LogP contribution in [0.3, 0.4) is 0 Å². The Balaban J connectivity index is 1.61. The smallest absolute Gasteiger partial charge is 0.408 e. The van der Waals surface area contributed by atoms with Crippen molar-refractivity contribution in [1.82, 2.24) is 15.0 Å². The first-order valence-electron chi connectivity index (χ1n) is 8.56. The summed E-state index contributed by atoms with van der Waals surface area (Å²) in [6, 6.07) is 8.78. The Morgan fingerprint density at radius 3 is 2.60 bits per heavy atom. The lowest BCUT2D eigenvalue weighted by Gasteiger charge is -2.13. The molecule has 0 saturated heterocycles. The van der Waals surface area contributed by atoms with Gasteiger partial charge in [0, 0.05) is 27.6 Å². The molecule has 4 rings (SSSR count). The number of aromatic nitrogens is 3. The Kier molecular flexibility index (Phi) is 4.98. The molecule has 0 atom stereocenters. The van der Waals surface area contributed by atoms with Crippen molar-refractivity contribution < 1.29 is 17.6 Å². The van der Waals surface area contributed by atoms with E-state index in [0.29, 0.717) is 28.2 Å². The van der Waals surface area contributed by atoms with Gasteiger partial charge in [-0.1, -0.05) is 15.9 Å². The summed E-state index contributed by atoms with van der Waals surface area (Å²) in [4.78, 5) is 22.3. The van der Waals surface area contributed by atoms with Crippen LogP contribution in [0.2, 0.25) is 0 Å². The van der Waals surface area contributed by atoms with Gasteiger partial charge in [0.2, 0.25) is 5.95 Å². The predicted molar refractivity (Wildman–Crippen MR) is 109 cm³/mol. The lowest BCUT2D eigenvalue weighted by Crippen LogP contribution is -2.07. The van der Waals surface area contributed by atoms with E-state index in [4.69, 9.17) is 4.42 Å². The van der Waals surface area contributed by atoms with E-state index < -0.39 is 17.5 Å². The molecule has 2 aromatic heterocycles. The summed E-state index contributed by atoms with van der Waals surface area (Å²) in [5, 5.41) is 5.89. The maximum atomic E-state index is 13.1. The van der Waals surface area contributed by atoms with E-state index in [9.17, 15) is 18.0 Å². The molecule has 0 fully saturated rings. The summed E-state index contributed by atoms with van der Waals surface area (Å²) in [7, 11) is 0. The van der Waals surface area contributed by atoms with E-state index in [-0.39, 0.29) is 16.1 Å². The average molecular weight is 480 g/mol. The third-order valence-corrected chi connectivity index (χ3v) is 4.87. The molecule has 0 unspecified atom stereocenters. The Morgan fingerprint density at radius 2 is 1.83 bits per heavy atom. The van der Waals surface area contributed by atoms with E-state index >= 15 is 0 Å². The molecular weight excluding hydrogens is 467 g/mol. The number of rotatable bonds is 4. The fraction of sp³-hybridized carbons (Fsp3) is 0.105. The standard InChI is InChI=1S/C19H13BrF3N5O2/c1-9-8-24-17(26-10-2-4-13(20)12(6-10)19(21,22)23)28-16(9)25-11-3-5-15-14(7-11)27-18(29)30-15/h2-8H,1H3,(H,27,29)(H2,24,25,26,28). The van der Waals surface area contributed by atoms with Crippen LogP contribution in [-0.2, 0) is 6.18 Å². The van der Waals surface area contributed by atoms with Crippen molar-refractivity contribution in [2.24, 2.45) is 0 Å². The van der Waals surface area contributed by atoms with Crippen LogP contribution in [0.1, 0.15) is 11.1 Å². The molecule has 2 heterocycles. The number of hydrogen-bond acceptors (Lipinski definition) is 6. The number of anilines is 4. The molecule has 2 aromatic carbocycles. The highest BCUT2D eigenvalue weighted by Gasteiger charge is 2.33. The van der Waals surface area contributed by atoms with Gasteiger partial charge >= 0.3 is 11.9 Å². The fourth-order valence-electron chi connectivity index (χ4n) is 2.74. The Morgan fingerprint density at radius 1 is 1.10 bits per heavy atom. The van der Waals surface area contributed by atoms with Gasteiger partial charge in [-0.05, 0) is 43.3 Å². The van der Waals surface area contributed by atoms with Crippen molar-refractivity contribution in [2.45, 2.75) is 13.1 Å². The van der Waals surface area contributed by atoms with Gasteiger partial charge in [0.05, 0.1) is 11.1 Å². The molecule has 0 amide bonds. The van der Waals surface area contributed by atoms with Gasteiger partial charge in [0.25, 0.3) is 0 Å². The normalized spacial score (nSPS) is 11.6. The fourth-order valence-corrected chi connectivity index (χ4v) is 3.22. The van der Waals surface area contributed by atoms with Gasteiger partial charge < -0.3 is 15.1 Å². The molecule has 0 aliphatic rings. The lowest BCUT2D eigenvalue weighted by molar-refractivity contribution is -0.138. The molecule has 0 spiro atoms. The number of nitrogens with one attached hydrogen (secondary N) is 3. The molecule has 11 heteroatoms. The van der Waals surface area contributed by atoms with Gasteiger partial charge in [-0.25, -0.2) is 9.78 Å². The maximum absolute atomic E-state index is 13.1. The van der Waals surface area contributed by atoms with Crippen molar-refractivity contribution >= 4 is 50.2 Å². The van der Waals surface area contributed by atoms with Crippen molar-refractivity contribution in [3.05, 3.63) is 68.7 Å². The largest absolute Gasteiger partial charge is 0.417 e. The van der Waals surface area contributed by atoms with Crippen molar-refractivity contribution in [2.75, 3.05) is 10.6 Å². The minimum absolute atomic E-state index is 0.0552. The highest BCUT2D eigenvalue weighted by atomic mass is 79.9. The van der Waals surface area contributed by atoms with Crippen LogP contribution >= 0.6 is 15.9 Å². The third-order valence-electron chi connectivity index (χ3n) is 4.18. The zero-order valence-electron chi connectivity index (χ0n) is 15.3. The summed E-state index contributed by atoms with van der Waals surface area (Å²) >= 11 is 2.91. The molecule has 3 N–H and O–H groups in total. The Bertz CT molecular complexity index is 1300. The Labute approximate surface area is 175 Å². The second-order valence-corrected chi connectivity index (χ2v) is 7.25. The molecule has 0 radical (unpaired) electrons. The number of H-pyrrole nitrogens is 1. The van der Waals surface area contributed by atoms with Gasteiger partial charge in [-0.15, -0.1) is 0 Å². The zero-order valence-corrected chi connectivity index (χ0v) is 16.9. The first-order chi connectivity index (χ1) is 14.2. The molecule has 4 aromatic rings. The van der Waals surface area contributed by atoms with Gasteiger partial charge in [-0.2, -0.15) is 18.2 Å². The molecule has 0 aliphatic carbocycles. The van der Waals surface area contributed by atoms with E-state index in [2.05, 4.69) is 41.5 Å². The van der Waals surface area contributed by atoms with Crippen LogP contribution < -0.4 is 16.4 Å². The molecule has 7 nitrogen and oxygen atoms in total. The molecule has 0 aliphatic heterocycles. The number of benzene rings is 2. The van der Waals surface area contributed by atoms with Crippen LogP contribution in [0, 0.1) is 6.92 Å². The molecule has 154 valence electrons. The highest BCUT2D eigenvalue weighted by Crippen LogP contribution is 2.36. The zero-order chi connectivity index (χ0) is 21.5. The Hall–Kier alpha value is -3.34. The van der Waals surface area contributed by atoms with Crippen LogP contribution in [-0.4, -0.2) is 15.0 Å². The SMILES string of the molecule is Cc1cnc(Nc2ccc(Br)c(C(F)(F)F)c2)nc1Nc1ccc2oc(=O)[nH]c2c1. The summed E-state index contributed by atoms with van der Waals surface area (Å²) in [6.45, 7) is 1.78. The number of fused-ring (bicyclic) bond motifs is 1. The second kappa shape index (κ2) is 7.48. The number of oxazole rings is 1. The first kappa shape index (κ1) is 20.0. The summed E-state index contributed by atoms with van der Waals surface area (Å²) in [5.41, 5.74) is 1.68. The van der Waals surface area contributed by atoms with Crippen LogP contribution in [0.5, 0.6) is 0 Å². The van der Waals surface area contributed by atoms with Crippen molar-refractivity contribution in [1.29, 1.82) is 0 Å². The van der Waals surface area contributed by atoms with Crippen LogP contribution in [0.25, 0.3) is 11.1 Å². The lowest BCUT2D eigenvalue weighted by atomic mass is 10.2. The number of halogens is 4. The van der Waals surface area contributed by atoms with E-state index in [1.807, 2.05) is 0 Å². The number of nitrogens with zero attached hydrogens (tertiary/aromatic N) is 2. The number of hydrogen-bond donors (Lipinski definition) is 3. The van der Waals surface area contributed by atoms with E-state index in [1.165, 1.54) is 12.1 Å². The van der Waals surface area contributed by atoms with Crippen molar-refractivity contribution in [3.8, 4) is 0 Å². The number of aryl methyl sites for hydroxylation is 1. The molecule has 0 bridgehead atoms. The highest BCUT2D eigenvalue weighted by molar-refractivity contribution is 9.10. The minimum atomic E-state index is -4.50.